The molecule has 5 nitrogen and oxygen atoms in total. The highest BCUT2D eigenvalue weighted by molar-refractivity contribution is 7.89. The summed E-state index contributed by atoms with van der Waals surface area (Å²) in [6.45, 7) is 4.87. The Kier molecular flexibility index (Phi) is 5.17. The predicted molar refractivity (Wildman–Crippen MR) is 61.6 cm³/mol. The van der Waals surface area contributed by atoms with Gasteiger partial charge in [0.1, 0.15) is 0 Å². The first-order valence-electron chi connectivity index (χ1n) is 5.65. The fourth-order valence-corrected chi connectivity index (χ4v) is 3.59. The van der Waals surface area contributed by atoms with Crippen LogP contribution in [0.3, 0.4) is 0 Å². The Morgan fingerprint density at radius 3 is 2.75 bits per heavy atom. The second kappa shape index (κ2) is 5.95. The summed E-state index contributed by atoms with van der Waals surface area (Å²) in [6.07, 6.45) is 0.651. The van der Waals surface area contributed by atoms with Gasteiger partial charge in [-0.2, -0.15) is 4.31 Å². The zero-order valence-corrected chi connectivity index (χ0v) is 10.7. The summed E-state index contributed by atoms with van der Waals surface area (Å²) in [5.74, 6) is 0.518. The Morgan fingerprint density at radius 2 is 2.19 bits per heavy atom. The van der Waals surface area contributed by atoms with Crippen LogP contribution >= 0.6 is 0 Å². The van der Waals surface area contributed by atoms with Crippen molar-refractivity contribution in [2.24, 2.45) is 5.92 Å². The molecule has 1 rings (SSSR count). The van der Waals surface area contributed by atoms with E-state index < -0.39 is 16.1 Å². The fourth-order valence-electron chi connectivity index (χ4n) is 1.65. The summed E-state index contributed by atoms with van der Waals surface area (Å²) >= 11 is 0. The lowest BCUT2D eigenvalue weighted by Crippen LogP contribution is -2.51. The van der Waals surface area contributed by atoms with Crippen molar-refractivity contribution in [3.8, 4) is 0 Å². The van der Waals surface area contributed by atoms with E-state index in [4.69, 9.17) is 9.84 Å². The van der Waals surface area contributed by atoms with Crippen LogP contribution in [0.5, 0.6) is 0 Å². The van der Waals surface area contributed by atoms with E-state index in [2.05, 4.69) is 0 Å². The molecule has 1 atom stereocenters. The summed E-state index contributed by atoms with van der Waals surface area (Å²) in [6, 6.07) is -0.411. The number of nitrogens with zero attached hydrogens (tertiary/aromatic N) is 1. The summed E-state index contributed by atoms with van der Waals surface area (Å²) in [5, 5.41) is 9.12. The molecule has 1 aliphatic heterocycles. The van der Waals surface area contributed by atoms with Crippen LogP contribution in [0.2, 0.25) is 0 Å². The maximum Gasteiger partial charge on any atom is 0.214 e. The zero-order chi connectivity index (χ0) is 12.2. The lowest BCUT2D eigenvalue weighted by atomic mass is 10.2. The van der Waals surface area contributed by atoms with Crippen LogP contribution in [0.4, 0.5) is 0 Å². The Morgan fingerprint density at radius 1 is 1.50 bits per heavy atom. The molecule has 0 aliphatic carbocycles. The summed E-state index contributed by atoms with van der Waals surface area (Å²) < 4.78 is 30.6. The van der Waals surface area contributed by atoms with E-state index in [1.807, 2.05) is 13.8 Å². The van der Waals surface area contributed by atoms with Crippen molar-refractivity contribution in [1.82, 2.24) is 4.31 Å². The van der Waals surface area contributed by atoms with Crippen molar-refractivity contribution in [2.75, 3.05) is 32.1 Å². The normalized spacial score (nSPS) is 23.9. The molecule has 1 unspecified atom stereocenters. The first kappa shape index (κ1) is 13.9. The highest BCUT2D eigenvalue weighted by atomic mass is 32.2. The van der Waals surface area contributed by atoms with Gasteiger partial charge in [0.2, 0.25) is 10.0 Å². The van der Waals surface area contributed by atoms with Crippen LogP contribution in [0.1, 0.15) is 20.3 Å². The number of rotatable bonds is 5. The fraction of sp³-hybridized carbons (Fsp3) is 1.00. The number of morpholine rings is 1. The van der Waals surface area contributed by atoms with E-state index in [-0.39, 0.29) is 19.0 Å². The van der Waals surface area contributed by atoms with Crippen LogP contribution in [-0.2, 0) is 14.8 Å². The van der Waals surface area contributed by atoms with Crippen molar-refractivity contribution in [3.05, 3.63) is 0 Å². The molecule has 1 heterocycles. The minimum Gasteiger partial charge on any atom is -0.395 e. The van der Waals surface area contributed by atoms with Gasteiger partial charge in [-0.05, 0) is 12.3 Å². The molecule has 0 amide bonds. The van der Waals surface area contributed by atoms with Gasteiger partial charge in [-0.3, -0.25) is 0 Å². The van der Waals surface area contributed by atoms with Gasteiger partial charge in [-0.25, -0.2) is 8.42 Å². The Hall–Kier alpha value is -0.170. The summed E-state index contributed by atoms with van der Waals surface area (Å²) in [7, 11) is -3.25. The van der Waals surface area contributed by atoms with Crippen molar-refractivity contribution >= 4 is 10.0 Å². The van der Waals surface area contributed by atoms with Gasteiger partial charge >= 0.3 is 0 Å². The molecule has 0 radical (unpaired) electrons. The molecule has 1 fully saturated rings. The molecule has 0 aromatic carbocycles. The van der Waals surface area contributed by atoms with Crippen molar-refractivity contribution in [3.63, 3.8) is 0 Å². The summed E-state index contributed by atoms with van der Waals surface area (Å²) in [5.41, 5.74) is 0. The third kappa shape index (κ3) is 3.69. The van der Waals surface area contributed by atoms with Gasteiger partial charge < -0.3 is 9.84 Å². The lowest BCUT2D eigenvalue weighted by molar-refractivity contribution is 0.0109. The Bertz CT molecular complexity index is 302. The minimum absolute atomic E-state index is 0.154. The molecule has 96 valence electrons. The van der Waals surface area contributed by atoms with E-state index in [1.54, 1.807) is 0 Å². The molecule has 1 aliphatic rings. The second-order valence-electron chi connectivity index (χ2n) is 4.52. The molecule has 1 N–H and O–H groups in total. The first-order chi connectivity index (χ1) is 7.47. The molecule has 0 aromatic heterocycles. The third-order valence-electron chi connectivity index (χ3n) is 2.69. The molecule has 0 bridgehead atoms. The van der Waals surface area contributed by atoms with Crippen molar-refractivity contribution in [1.29, 1.82) is 0 Å². The highest BCUT2D eigenvalue weighted by Crippen LogP contribution is 2.15. The van der Waals surface area contributed by atoms with E-state index in [0.717, 1.165) is 0 Å². The Balaban J connectivity index is 2.64. The number of hydrogen-bond acceptors (Lipinski definition) is 4. The Labute approximate surface area is 97.4 Å². The van der Waals surface area contributed by atoms with Crippen LogP contribution in [0, 0.1) is 5.92 Å². The SMILES string of the molecule is CC(C)CCS(=O)(=O)N1CCOCC1CO. The van der Waals surface area contributed by atoms with Gasteiger partial charge in [0.15, 0.2) is 0 Å². The quantitative estimate of drug-likeness (QED) is 0.750. The lowest BCUT2D eigenvalue weighted by Gasteiger charge is -2.33. The van der Waals surface area contributed by atoms with Crippen LogP contribution in [0.25, 0.3) is 0 Å². The maximum atomic E-state index is 12.0. The van der Waals surface area contributed by atoms with Crippen LogP contribution in [0.15, 0.2) is 0 Å². The maximum absolute atomic E-state index is 12.0. The highest BCUT2D eigenvalue weighted by Gasteiger charge is 2.32. The third-order valence-corrected chi connectivity index (χ3v) is 4.64. The van der Waals surface area contributed by atoms with Gasteiger partial charge in [-0.1, -0.05) is 13.8 Å². The average Bonchev–Trinajstić information content (AvgIpc) is 2.26. The number of aliphatic hydroxyl groups is 1. The van der Waals surface area contributed by atoms with Gasteiger partial charge in [0.25, 0.3) is 0 Å². The van der Waals surface area contributed by atoms with E-state index in [9.17, 15) is 8.42 Å². The van der Waals surface area contributed by atoms with Gasteiger partial charge in [0, 0.05) is 6.54 Å². The topological polar surface area (TPSA) is 66.8 Å². The molecular weight excluding hydrogens is 230 g/mol. The van der Waals surface area contributed by atoms with Crippen LogP contribution in [-0.4, -0.2) is 56.0 Å². The molecule has 6 heteroatoms. The van der Waals surface area contributed by atoms with Gasteiger partial charge in [-0.15, -0.1) is 0 Å². The van der Waals surface area contributed by atoms with Crippen molar-refractivity contribution in [2.45, 2.75) is 26.3 Å². The molecular formula is C10H21NO4S. The molecule has 0 aromatic rings. The standard InChI is InChI=1S/C10H21NO4S/c1-9(2)3-6-16(13,14)11-4-5-15-8-10(11)7-12/h9-10,12H,3-8H2,1-2H3. The molecule has 0 saturated carbocycles. The zero-order valence-electron chi connectivity index (χ0n) is 9.92. The number of aliphatic hydroxyl groups excluding tert-OH is 1. The number of sulfonamides is 1. The van der Waals surface area contributed by atoms with E-state index in [0.29, 0.717) is 25.5 Å². The largest absolute Gasteiger partial charge is 0.395 e. The number of ether oxygens (including phenoxy) is 1. The monoisotopic (exact) mass is 251 g/mol. The van der Waals surface area contributed by atoms with E-state index in [1.165, 1.54) is 4.31 Å². The predicted octanol–water partition coefficient (Wildman–Crippen LogP) is 0.0554. The second-order valence-corrected chi connectivity index (χ2v) is 6.56. The van der Waals surface area contributed by atoms with Crippen molar-refractivity contribution < 1.29 is 18.3 Å². The van der Waals surface area contributed by atoms with Gasteiger partial charge in [0.05, 0.1) is 31.6 Å². The number of hydrogen-bond donors (Lipinski definition) is 1. The average molecular weight is 251 g/mol. The smallest absolute Gasteiger partial charge is 0.214 e. The first-order valence-corrected chi connectivity index (χ1v) is 7.26. The molecule has 16 heavy (non-hydrogen) atoms. The minimum atomic E-state index is -3.25. The molecule has 0 spiro atoms. The summed E-state index contributed by atoms with van der Waals surface area (Å²) in [4.78, 5) is 0. The molecule has 1 saturated heterocycles. The van der Waals surface area contributed by atoms with E-state index >= 15 is 0 Å². The van der Waals surface area contributed by atoms with Crippen LogP contribution < -0.4 is 0 Å².